The first-order valence-electron chi connectivity index (χ1n) is 7.65. The van der Waals surface area contributed by atoms with E-state index in [2.05, 4.69) is 10.6 Å². The Bertz CT molecular complexity index is 477. The monoisotopic (exact) mass is 288 g/mol. The average molecular weight is 288 g/mol. The molecule has 1 aliphatic rings. The van der Waals surface area contributed by atoms with Gasteiger partial charge in [0.15, 0.2) is 0 Å². The molecule has 2 rings (SSSR count). The molecule has 0 heterocycles. The van der Waals surface area contributed by atoms with Gasteiger partial charge in [-0.25, -0.2) is 4.79 Å². The fourth-order valence-corrected chi connectivity index (χ4v) is 2.61. The number of amides is 2. The van der Waals surface area contributed by atoms with E-state index in [0.29, 0.717) is 6.04 Å². The summed E-state index contributed by atoms with van der Waals surface area (Å²) < 4.78 is 5.16. The lowest BCUT2D eigenvalue weighted by Crippen LogP contribution is -2.39. The summed E-state index contributed by atoms with van der Waals surface area (Å²) in [5.74, 6) is 0.806. The summed E-state index contributed by atoms with van der Waals surface area (Å²) in [6.45, 7) is 0. The number of urea groups is 1. The van der Waals surface area contributed by atoms with Crippen LogP contribution in [0.2, 0.25) is 0 Å². The van der Waals surface area contributed by atoms with Gasteiger partial charge < -0.3 is 15.4 Å². The van der Waals surface area contributed by atoms with Crippen molar-refractivity contribution in [3.63, 3.8) is 0 Å². The van der Waals surface area contributed by atoms with Gasteiger partial charge in [0, 0.05) is 12.2 Å². The molecule has 1 fully saturated rings. The molecule has 21 heavy (non-hydrogen) atoms. The van der Waals surface area contributed by atoms with Gasteiger partial charge in [-0.2, -0.15) is 0 Å². The number of rotatable bonds is 4. The van der Waals surface area contributed by atoms with Gasteiger partial charge in [-0.05, 0) is 36.6 Å². The van der Waals surface area contributed by atoms with E-state index in [0.717, 1.165) is 24.2 Å². The zero-order valence-corrected chi connectivity index (χ0v) is 12.6. The highest BCUT2D eigenvalue weighted by Gasteiger charge is 2.13. The zero-order chi connectivity index (χ0) is 14.9. The molecular formula is C17H24N2O2. The molecule has 1 aromatic carbocycles. The van der Waals surface area contributed by atoms with Crippen molar-refractivity contribution in [1.82, 2.24) is 10.6 Å². The van der Waals surface area contributed by atoms with Crippen LogP contribution in [-0.2, 0) is 0 Å². The van der Waals surface area contributed by atoms with E-state index in [9.17, 15) is 4.79 Å². The standard InChI is InChI=1S/C17H24N2O2/c1-21-16-10-6-7-14(13-16)11-12-18-17(20)19-15-8-4-2-3-5-9-15/h6-7,10-13,15H,2-5,8-9H2,1H3,(H2,18,19,20)/b12-11+. The van der Waals surface area contributed by atoms with Gasteiger partial charge >= 0.3 is 6.03 Å². The van der Waals surface area contributed by atoms with Crippen molar-refractivity contribution in [1.29, 1.82) is 0 Å². The molecule has 0 spiro atoms. The maximum Gasteiger partial charge on any atom is 0.318 e. The maximum absolute atomic E-state index is 11.8. The molecule has 1 saturated carbocycles. The summed E-state index contributed by atoms with van der Waals surface area (Å²) in [4.78, 5) is 11.8. The molecule has 1 aliphatic carbocycles. The smallest absolute Gasteiger partial charge is 0.318 e. The number of carbonyl (C=O) groups is 1. The summed E-state index contributed by atoms with van der Waals surface area (Å²) in [5.41, 5.74) is 0.990. The number of hydrogen-bond donors (Lipinski definition) is 2. The molecule has 4 nitrogen and oxygen atoms in total. The fourth-order valence-electron chi connectivity index (χ4n) is 2.61. The van der Waals surface area contributed by atoms with Crippen LogP contribution in [0.25, 0.3) is 6.08 Å². The summed E-state index contributed by atoms with van der Waals surface area (Å²) >= 11 is 0. The van der Waals surface area contributed by atoms with Crippen molar-refractivity contribution in [2.45, 2.75) is 44.6 Å². The van der Waals surface area contributed by atoms with Crippen molar-refractivity contribution in [2.75, 3.05) is 7.11 Å². The van der Waals surface area contributed by atoms with Gasteiger partial charge in [0.2, 0.25) is 0 Å². The maximum atomic E-state index is 11.8. The van der Waals surface area contributed by atoms with E-state index in [1.807, 2.05) is 30.3 Å². The Balaban J connectivity index is 1.78. The first-order chi connectivity index (χ1) is 10.3. The molecule has 1 aromatic rings. The van der Waals surface area contributed by atoms with Crippen LogP contribution in [0.5, 0.6) is 5.75 Å². The van der Waals surface area contributed by atoms with Crippen molar-refractivity contribution in [3.05, 3.63) is 36.0 Å². The second-order valence-corrected chi connectivity index (χ2v) is 5.42. The van der Waals surface area contributed by atoms with Crippen LogP contribution in [0.4, 0.5) is 4.79 Å². The van der Waals surface area contributed by atoms with Crippen LogP contribution >= 0.6 is 0 Å². The van der Waals surface area contributed by atoms with E-state index in [4.69, 9.17) is 4.74 Å². The Labute approximate surface area is 126 Å². The third-order valence-electron chi connectivity index (χ3n) is 3.77. The Hall–Kier alpha value is -1.97. The highest BCUT2D eigenvalue weighted by molar-refractivity contribution is 5.76. The van der Waals surface area contributed by atoms with Crippen LogP contribution in [0.3, 0.4) is 0 Å². The first-order valence-corrected chi connectivity index (χ1v) is 7.65. The molecule has 4 heteroatoms. The van der Waals surface area contributed by atoms with Crippen molar-refractivity contribution < 1.29 is 9.53 Å². The van der Waals surface area contributed by atoms with E-state index >= 15 is 0 Å². The summed E-state index contributed by atoms with van der Waals surface area (Å²) in [5, 5.41) is 5.81. The quantitative estimate of drug-likeness (QED) is 0.830. The van der Waals surface area contributed by atoms with Crippen LogP contribution in [-0.4, -0.2) is 19.2 Å². The Morgan fingerprint density at radius 1 is 1.24 bits per heavy atom. The Morgan fingerprint density at radius 2 is 2.00 bits per heavy atom. The minimum absolute atomic E-state index is 0.124. The molecular weight excluding hydrogens is 264 g/mol. The van der Waals surface area contributed by atoms with Crippen LogP contribution in [0.1, 0.15) is 44.1 Å². The molecule has 2 N–H and O–H groups in total. The van der Waals surface area contributed by atoms with E-state index < -0.39 is 0 Å². The minimum Gasteiger partial charge on any atom is -0.497 e. The second-order valence-electron chi connectivity index (χ2n) is 5.42. The molecule has 0 atom stereocenters. The van der Waals surface area contributed by atoms with Gasteiger partial charge in [-0.15, -0.1) is 0 Å². The predicted molar refractivity (Wildman–Crippen MR) is 85.2 cm³/mol. The molecule has 0 aromatic heterocycles. The molecule has 0 aliphatic heterocycles. The van der Waals surface area contributed by atoms with Crippen molar-refractivity contribution >= 4 is 12.1 Å². The Morgan fingerprint density at radius 3 is 2.71 bits per heavy atom. The third kappa shape index (κ3) is 5.50. The number of methoxy groups -OCH3 is 1. The van der Waals surface area contributed by atoms with Gasteiger partial charge in [0.1, 0.15) is 5.75 Å². The third-order valence-corrected chi connectivity index (χ3v) is 3.77. The summed E-state index contributed by atoms with van der Waals surface area (Å²) in [6, 6.07) is 7.89. The van der Waals surface area contributed by atoms with Crippen molar-refractivity contribution in [3.8, 4) is 5.75 Å². The first kappa shape index (κ1) is 15.4. The highest BCUT2D eigenvalue weighted by atomic mass is 16.5. The van der Waals surface area contributed by atoms with Gasteiger partial charge in [0.05, 0.1) is 7.11 Å². The second kappa shape index (κ2) is 8.35. The molecule has 2 amide bonds. The van der Waals surface area contributed by atoms with Crippen LogP contribution in [0.15, 0.2) is 30.5 Å². The zero-order valence-electron chi connectivity index (χ0n) is 12.6. The lowest BCUT2D eigenvalue weighted by molar-refractivity contribution is 0.239. The number of nitrogens with one attached hydrogen (secondary N) is 2. The normalized spacial score (nSPS) is 16.4. The number of ether oxygens (including phenoxy) is 1. The van der Waals surface area contributed by atoms with E-state index in [1.54, 1.807) is 13.3 Å². The van der Waals surface area contributed by atoms with Crippen LogP contribution in [0, 0.1) is 0 Å². The SMILES string of the molecule is COc1cccc(/C=C/NC(=O)NC2CCCCCC2)c1. The lowest BCUT2D eigenvalue weighted by Gasteiger charge is -2.15. The largest absolute Gasteiger partial charge is 0.497 e. The summed E-state index contributed by atoms with van der Waals surface area (Å²) in [6.07, 6.45) is 10.7. The number of benzene rings is 1. The van der Waals surface area contributed by atoms with Gasteiger partial charge in [-0.1, -0.05) is 37.8 Å². The van der Waals surface area contributed by atoms with Crippen LogP contribution < -0.4 is 15.4 Å². The van der Waals surface area contributed by atoms with Gasteiger partial charge in [0.25, 0.3) is 0 Å². The predicted octanol–water partition coefficient (Wildman–Crippen LogP) is 3.69. The van der Waals surface area contributed by atoms with Gasteiger partial charge in [-0.3, -0.25) is 0 Å². The molecule has 0 bridgehead atoms. The van der Waals surface area contributed by atoms with Crippen molar-refractivity contribution in [2.24, 2.45) is 0 Å². The minimum atomic E-state index is -0.124. The molecule has 0 radical (unpaired) electrons. The lowest BCUT2D eigenvalue weighted by atomic mass is 10.1. The number of hydrogen-bond acceptors (Lipinski definition) is 2. The highest BCUT2D eigenvalue weighted by Crippen LogP contribution is 2.17. The average Bonchev–Trinajstić information content (AvgIpc) is 2.76. The molecule has 0 unspecified atom stereocenters. The summed E-state index contributed by atoms with van der Waals surface area (Å²) in [7, 11) is 1.64. The fraction of sp³-hybridized carbons (Fsp3) is 0.471. The molecule has 114 valence electrons. The topological polar surface area (TPSA) is 50.4 Å². The van der Waals surface area contributed by atoms with E-state index in [-0.39, 0.29) is 6.03 Å². The Kier molecular flexibility index (Phi) is 6.13. The molecule has 0 saturated heterocycles. The van der Waals surface area contributed by atoms with E-state index in [1.165, 1.54) is 25.7 Å². The number of carbonyl (C=O) groups excluding carboxylic acids is 1.